The van der Waals surface area contributed by atoms with E-state index in [1.807, 2.05) is 13.8 Å². The second-order valence-corrected chi connectivity index (χ2v) is 3.80. The van der Waals surface area contributed by atoms with Crippen LogP contribution < -0.4 is 0 Å². The van der Waals surface area contributed by atoms with Gasteiger partial charge in [-0.25, -0.2) is 9.59 Å². The summed E-state index contributed by atoms with van der Waals surface area (Å²) < 4.78 is 0. The highest BCUT2D eigenvalue weighted by atomic mass is 16.5. The third-order valence-electron chi connectivity index (χ3n) is 2.01. The Kier molecular flexibility index (Phi) is 11.8. The van der Waals surface area contributed by atoms with Crippen LogP contribution >= 0.6 is 0 Å². The molecular weight excluding hydrogens is 252 g/mol. The van der Waals surface area contributed by atoms with Gasteiger partial charge in [0, 0.05) is 12.5 Å². The molecule has 0 heterocycles. The number of allylic oxidation sites excluding steroid dienone is 3. The highest BCUT2D eigenvalue weighted by molar-refractivity contribution is 5.80. The molecule has 0 bridgehead atoms. The summed E-state index contributed by atoms with van der Waals surface area (Å²) >= 11 is 0. The van der Waals surface area contributed by atoms with Crippen LogP contribution in [-0.4, -0.2) is 38.2 Å². The fourth-order valence-electron chi connectivity index (χ4n) is 0.977. The van der Waals surface area contributed by atoms with Gasteiger partial charge in [0.15, 0.2) is 0 Å². The van der Waals surface area contributed by atoms with Crippen LogP contribution in [-0.2, 0) is 9.59 Å². The third-order valence-corrected chi connectivity index (χ3v) is 2.01. The molecule has 0 saturated heterocycles. The Morgan fingerprint density at radius 3 is 2.05 bits per heavy atom. The lowest BCUT2D eigenvalue weighted by Gasteiger charge is -2.15. The predicted molar refractivity (Wildman–Crippen MR) is 70.5 cm³/mol. The molecule has 0 aliphatic heterocycles. The molecule has 0 aromatic heterocycles. The van der Waals surface area contributed by atoms with Crippen molar-refractivity contribution in [1.29, 1.82) is 0 Å². The standard InChI is InChI=1S/C7H14O4.C6H8O2/c1-2-3-4-5-7(10,11)6(8)9;1-2-3-4-5-6(7)8/h10-11H,2-5H2,1H3,(H,8,9);2-5H,1H3,(H,7,8)/b;3-2+,5-4+. The number of hydrogen-bond acceptors (Lipinski definition) is 4. The summed E-state index contributed by atoms with van der Waals surface area (Å²) in [6, 6.07) is 0. The molecule has 0 aromatic carbocycles. The summed E-state index contributed by atoms with van der Waals surface area (Å²) in [5.74, 6) is -5.02. The van der Waals surface area contributed by atoms with Crippen molar-refractivity contribution in [2.75, 3.05) is 0 Å². The number of carbonyl (C=O) groups is 2. The molecule has 0 fully saturated rings. The van der Waals surface area contributed by atoms with Crippen LogP contribution in [0.25, 0.3) is 0 Å². The smallest absolute Gasteiger partial charge is 0.364 e. The van der Waals surface area contributed by atoms with E-state index < -0.39 is 17.7 Å². The molecule has 19 heavy (non-hydrogen) atoms. The highest BCUT2D eigenvalue weighted by Crippen LogP contribution is 2.11. The number of carboxylic acids is 2. The first-order valence-corrected chi connectivity index (χ1v) is 5.98. The minimum Gasteiger partial charge on any atom is -0.478 e. The SMILES string of the molecule is C/C=C/C=C/C(=O)O.CCCCCC(O)(O)C(=O)O. The van der Waals surface area contributed by atoms with E-state index in [1.54, 1.807) is 12.2 Å². The van der Waals surface area contributed by atoms with Gasteiger partial charge in [-0.15, -0.1) is 0 Å². The molecule has 0 amide bonds. The van der Waals surface area contributed by atoms with E-state index in [1.165, 1.54) is 6.08 Å². The maximum atomic E-state index is 10.1. The lowest BCUT2D eigenvalue weighted by atomic mass is 10.1. The molecule has 0 rings (SSSR count). The van der Waals surface area contributed by atoms with Gasteiger partial charge in [0.25, 0.3) is 5.79 Å². The van der Waals surface area contributed by atoms with Gasteiger partial charge >= 0.3 is 11.9 Å². The van der Waals surface area contributed by atoms with Crippen LogP contribution in [0.15, 0.2) is 24.3 Å². The average molecular weight is 274 g/mol. The van der Waals surface area contributed by atoms with Crippen molar-refractivity contribution in [3.8, 4) is 0 Å². The normalized spacial score (nSPS) is 11.4. The van der Waals surface area contributed by atoms with Crippen molar-refractivity contribution < 1.29 is 30.0 Å². The van der Waals surface area contributed by atoms with E-state index in [2.05, 4.69) is 0 Å². The molecule has 110 valence electrons. The molecule has 6 heteroatoms. The number of unbranched alkanes of at least 4 members (excludes halogenated alkanes) is 2. The second kappa shape index (κ2) is 11.4. The zero-order chi connectivity index (χ0) is 15.3. The molecule has 0 spiro atoms. The van der Waals surface area contributed by atoms with Gasteiger partial charge in [0.1, 0.15) is 0 Å². The topological polar surface area (TPSA) is 115 Å². The maximum Gasteiger partial charge on any atom is 0.364 e. The minimum absolute atomic E-state index is 0.101. The van der Waals surface area contributed by atoms with Crippen molar-refractivity contribution in [3.63, 3.8) is 0 Å². The van der Waals surface area contributed by atoms with E-state index in [9.17, 15) is 9.59 Å². The second-order valence-electron chi connectivity index (χ2n) is 3.80. The Morgan fingerprint density at radius 1 is 1.11 bits per heavy atom. The molecule has 0 saturated carbocycles. The zero-order valence-electron chi connectivity index (χ0n) is 11.2. The first-order chi connectivity index (χ1) is 8.77. The fourth-order valence-corrected chi connectivity index (χ4v) is 0.977. The maximum absolute atomic E-state index is 10.1. The van der Waals surface area contributed by atoms with Crippen molar-refractivity contribution in [2.24, 2.45) is 0 Å². The van der Waals surface area contributed by atoms with Gasteiger partial charge in [0.2, 0.25) is 0 Å². The van der Waals surface area contributed by atoms with E-state index in [4.69, 9.17) is 20.4 Å². The summed E-state index contributed by atoms with van der Waals surface area (Å²) in [7, 11) is 0. The predicted octanol–water partition coefficient (Wildman–Crippen LogP) is 1.54. The van der Waals surface area contributed by atoms with Crippen LogP contribution in [0.2, 0.25) is 0 Å². The monoisotopic (exact) mass is 274 g/mol. The van der Waals surface area contributed by atoms with Gasteiger partial charge in [-0.05, 0) is 13.3 Å². The number of aliphatic hydroxyl groups is 2. The van der Waals surface area contributed by atoms with Gasteiger partial charge in [0.05, 0.1) is 0 Å². The van der Waals surface area contributed by atoms with Crippen molar-refractivity contribution in [1.82, 2.24) is 0 Å². The lowest BCUT2D eigenvalue weighted by Crippen LogP contribution is -2.37. The Morgan fingerprint density at radius 2 is 1.68 bits per heavy atom. The summed E-state index contributed by atoms with van der Waals surface area (Å²) in [6.07, 6.45) is 8.15. The van der Waals surface area contributed by atoms with Crippen molar-refractivity contribution in [2.45, 2.75) is 45.3 Å². The van der Waals surface area contributed by atoms with Crippen LogP contribution in [0.5, 0.6) is 0 Å². The molecule has 0 aliphatic rings. The van der Waals surface area contributed by atoms with E-state index in [0.717, 1.165) is 18.9 Å². The summed E-state index contributed by atoms with van der Waals surface area (Å²) in [5, 5.41) is 33.8. The highest BCUT2D eigenvalue weighted by Gasteiger charge is 2.31. The largest absolute Gasteiger partial charge is 0.478 e. The van der Waals surface area contributed by atoms with Gasteiger partial charge < -0.3 is 20.4 Å². The fraction of sp³-hybridized carbons (Fsp3) is 0.538. The summed E-state index contributed by atoms with van der Waals surface area (Å²) in [4.78, 5) is 19.9. The van der Waals surface area contributed by atoms with E-state index in [-0.39, 0.29) is 6.42 Å². The summed E-state index contributed by atoms with van der Waals surface area (Å²) in [5.41, 5.74) is 0. The molecule has 0 aromatic rings. The number of aliphatic carboxylic acids is 2. The molecule has 4 N–H and O–H groups in total. The summed E-state index contributed by atoms with van der Waals surface area (Å²) in [6.45, 7) is 3.78. The molecule has 0 radical (unpaired) electrons. The van der Waals surface area contributed by atoms with Crippen LogP contribution in [0, 0.1) is 0 Å². The number of carboxylic acid groups (broad SMARTS) is 2. The molecule has 0 unspecified atom stereocenters. The van der Waals surface area contributed by atoms with Crippen LogP contribution in [0.4, 0.5) is 0 Å². The molecule has 0 aliphatic carbocycles. The number of hydrogen-bond donors (Lipinski definition) is 4. The molecule has 0 atom stereocenters. The first kappa shape index (κ1) is 19.7. The Balaban J connectivity index is 0. The molecular formula is C13H22O6. The van der Waals surface area contributed by atoms with Gasteiger partial charge in [-0.1, -0.05) is 38.0 Å². The van der Waals surface area contributed by atoms with Crippen LogP contribution in [0.1, 0.15) is 39.5 Å². The minimum atomic E-state index is -2.53. The van der Waals surface area contributed by atoms with Crippen molar-refractivity contribution in [3.05, 3.63) is 24.3 Å². The van der Waals surface area contributed by atoms with Crippen LogP contribution in [0.3, 0.4) is 0 Å². The van der Waals surface area contributed by atoms with E-state index >= 15 is 0 Å². The zero-order valence-corrected chi connectivity index (χ0v) is 11.2. The Hall–Kier alpha value is -1.66. The Bertz CT molecular complexity index is 317. The average Bonchev–Trinajstić information content (AvgIpc) is 2.30. The van der Waals surface area contributed by atoms with Gasteiger partial charge in [-0.2, -0.15) is 0 Å². The van der Waals surface area contributed by atoms with Crippen molar-refractivity contribution >= 4 is 11.9 Å². The van der Waals surface area contributed by atoms with E-state index in [0.29, 0.717) is 6.42 Å². The molecule has 6 nitrogen and oxygen atoms in total. The Labute approximate surface area is 112 Å². The third kappa shape index (κ3) is 14.3. The number of rotatable bonds is 7. The lowest BCUT2D eigenvalue weighted by molar-refractivity contribution is -0.205. The first-order valence-electron chi connectivity index (χ1n) is 5.98. The van der Waals surface area contributed by atoms with Gasteiger partial charge in [-0.3, -0.25) is 0 Å². The quantitative estimate of drug-likeness (QED) is 0.242.